The zero-order valence-electron chi connectivity index (χ0n) is 29.2. The van der Waals surface area contributed by atoms with Crippen molar-refractivity contribution in [2.45, 2.75) is 132 Å². The molecule has 1 atom stereocenters. The zero-order chi connectivity index (χ0) is 56.6. The van der Waals surface area contributed by atoms with Gasteiger partial charge >= 0.3 is 119 Å². The van der Waals surface area contributed by atoms with E-state index >= 15 is 17.6 Å². The van der Waals surface area contributed by atoms with E-state index in [9.17, 15) is 176 Å². The Labute approximate surface area is 338 Å². The first-order chi connectivity index (χ1) is 28.4. The molecule has 44 heteroatoms. The highest BCUT2D eigenvalue weighted by atomic mass is 19.5. The van der Waals surface area contributed by atoms with E-state index in [0.29, 0.717) is 0 Å². The molecule has 68 heavy (non-hydrogen) atoms. The first kappa shape index (κ1) is 64.9. The smallest absolute Gasteiger partial charge is 0.200 e. The van der Waals surface area contributed by atoms with Crippen LogP contribution in [0.15, 0.2) is 0 Å². The van der Waals surface area contributed by atoms with Crippen molar-refractivity contribution in [3.05, 3.63) is 0 Å². The molecule has 0 aliphatic heterocycles. The third kappa shape index (κ3) is 8.56. The molecule has 0 rings (SSSR count). The molecule has 0 aromatic rings. The zero-order valence-corrected chi connectivity index (χ0v) is 29.2. The minimum Gasteiger partial charge on any atom is -0.200 e. The van der Waals surface area contributed by atoms with Crippen molar-refractivity contribution in [3.8, 4) is 0 Å². The first-order valence-electron chi connectivity index (χ1n) is 14.8. The van der Waals surface area contributed by atoms with Crippen molar-refractivity contribution < 1.29 is 193 Å². The molecule has 0 aliphatic carbocycles. The second-order valence-electron chi connectivity index (χ2n) is 13.1. The Morgan fingerprint density at radius 1 is 0.191 bits per heavy atom. The predicted molar refractivity (Wildman–Crippen MR) is 120 cm³/mol. The highest BCUT2D eigenvalue weighted by molar-refractivity contribution is 5.18. The Morgan fingerprint density at radius 2 is 0.368 bits per heavy atom. The predicted octanol–water partition coefficient (Wildman–Crippen LogP) is 15.4. The Hall–Kier alpha value is -3.08. The van der Waals surface area contributed by atoms with E-state index in [4.69, 9.17) is 0 Å². The molecular formula is C24H6F44. The maximum Gasteiger partial charge on any atom is 0.460 e. The van der Waals surface area contributed by atoms with E-state index < -0.39 is 144 Å². The second kappa shape index (κ2) is 16.2. The lowest BCUT2D eigenvalue weighted by molar-refractivity contribution is -0.464. The molecule has 0 aliphatic rings. The van der Waals surface area contributed by atoms with Gasteiger partial charge < -0.3 is 0 Å². The molecule has 0 spiro atoms. The van der Waals surface area contributed by atoms with Crippen LogP contribution in [0.25, 0.3) is 0 Å². The quantitative estimate of drug-likeness (QED) is 0.113. The molecule has 1 unspecified atom stereocenters. The molecule has 0 N–H and O–H groups in total. The fourth-order valence-corrected chi connectivity index (χ4v) is 4.66. The topological polar surface area (TPSA) is 0 Å². The molecule has 0 saturated carbocycles. The van der Waals surface area contributed by atoms with Crippen LogP contribution in [-0.2, 0) is 0 Å². The van der Waals surface area contributed by atoms with Crippen LogP contribution < -0.4 is 0 Å². The normalized spacial score (nSPS) is 17.6. The Kier molecular flexibility index (Phi) is 15.5. The van der Waals surface area contributed by atoms with E-state index in [2.05, 4.69) is 0 Å². The molecule has 0 fully saturated rings. The first-order valence-corrected chi connectivity index (χ1v) is 14.8. The lowest BCUT2D eigenvalue weighted by Crippen LogP contribution is -2.75. The van der Waals surface area contributed by atoms with E-state index in [1.54, 1.807) is 0 Å². The Balaban J connectivity index is 9.59. The largest absolute Gasteiger partial charge is 0.460 e. The van der Waals surface area contributed by atoms with Gasteiger partial charge in [0.15, 0.2) is 0 Å². The Bertz CT molecular complexity index is 1680. The lowest BCUT2D eigenvalue weighted by atomic mass is 9.72. The molecule has 0 bridgehead atoms. The van der Waals surface area contributed by atoms with Crippen LogP contribution in [0.2, 0.25) is 0 Å². The summed E-state index contributed by atoms with van der Waals surface area (Å²) in [6, 6.07) is 0. The molecule has 0 aromatic heterocycles. The van der Waals surface area contributed by atoms with Crippen LogP contribution in [0.5, 0.6) is 0 Å². The maximum absolute atomic E-state index is 15.2. The number of rotatable bonds is 19. The van der Waals surface area contributed by atoms with Gasteiger partial charge in [0.05, 0.1) is 5.92 Å². The Morgan fingerprint density at radius 3 is 0.588 bits per heavy atom. The van der Waals surface area contributed by atoms with Crippen molar-refractivity contribution in [3.63, 3.8) is 0 Å². The highest BCUT2D eigenvalue weighted by Gasteiger charge is 2.97. The monoisotopic (exact) mass is 1130 g/mol. The van der Waals surface area contributed by atoms with Crippen LogP contribution in [0.3, 0.4) is 0 Å². The van der Waals surface area contributed by atoms with Gasteiger partial charge in [0.2, 0.25) is 0 Å². The summed E-state index contributed by atoms with van der Waals surface area (Å²) in [5.74, 6) is -172. The molecule has 0 nitrogen and oxygen atoms in total. The van der Waals surface area contributed by atoms with E-state index in [1.807, 2.05) is 0 Å². The fraction of sp³-hybridized carbons (Fsp3) is 1.00. The van der Waals surface area contributed by atoms with Crippen molar-refractivity contribution in [2.24, 2.45) is 11.8 Å². The van der Waals surface area contributed by atoms with Gasteiger partial charge in [-0.25, -0.2) is 0 Å². The van der Waals surface area contributed by atoms with Gasteiger partial charge in [-0.1, -0.05) is 0 Å². The molecular weight excluding hydrogens is 1120 g/mol. The average Bonchev–Trinajstić information content (AvgIpc) is 3.06. The number of hydrogen-bond donors (Lipinski definition) is 0. The highest BCUT2D eigenvalue weighted by Crippen LogP contribution is 2.69. The van der Waals surface area contributed by atoms with Crippen LogP contribution in [0.1, 0.15) is 12.8 Å². The molecule has 0 radical (unpaired) electrons. The van der Waals surface area contributed by atoms with Crippen molar-refractivity contribution in [2.75, 3.05) is 0 Å². The third-order valence-corrected chi connectivity index (χ3v) is 8.71. The van der Waals surface area contributed by atoms with Gasteiger partial charge in [0, 0.05) is 12.3 Å². The van der Waals surface area contributed by atoms with Crippen LogP contribution in [-0.4, -0.2) is 119 Å². The lowest BCUT2D eigenvalue weighted by Gasteiger charge is -2.48. The second-order valence-corrected chi connectivity index (χ2v) is 13.1. The number of halogens is 44. The van der Waals surface area contributed by atoms with Crippen LogP contribution in [0.4, 0.5) is 193 Å². The van der Waals surface area contributed by atoms with E-state index in [0.717, 1.165) is 0 Å². The molecule has 410 valence electrons. The SMILES string of the molecule is FC(F)(F)C(F)(F)C(F)(F)C(F)(F)CC(CC(C(F)(F)C(F)(F)C(F)(F)C(F)(F)C(F)(F)C(F)(F)F)C(F)(F)C(F)(F)C(F)(F)C(F)(F)C(F)(F)C(F)(F)F)C(F)(F)C(F)(F)C(F)(F)C(F)(F)F. The summed E-state index contributed by atoms with van der Waals surface area (Å²) in [6.07, 6.45) is -47.6. The summed E-state index contributed by atoms with van der Waals surface area (Å²) in [5, 5.41) is 0. The summed E-state index contributed by atoms with van der Waals surface area (Å²) in [5.41, 5.74) is 0. The van der Waals surface area contributed by atoms with Gasteiger partial charge in [0.1, 0.15) is 0 Å². The van der Waals surface area contributed by atoms with Gasteiger partial charge in [-0.3, -0.25) is 0 Å². The van der Waals surface area contributed by atoms with E-state index in [-0.39, 0.29) is 0 Å². The number of alkyl halides is 44. The standard InChI is InChI=1S/C24H6F44/c25-5(26,9(33,34)17(49,50)21(57,58)59)2-3(6(27,28)10(35,36)18(51,52)22(60,61)62)1-4(7(29,30)11(37,38)13(41,42)15(45,46)19(53,54)23(63,64)65)8(31,32)12(39,40)14(43,44)16(47,48)20(55,56)24(66,67)68/h3-4H,1-2H2. The number of hydrogen-bond acceptors (Lipinski definition) is 0. The van der Waals surface area contributed by atoms with Crippen molar-refractivity contribution in [1.82, 2.24) is 0 Å². The van der Waals surface area contributed by atoms with Crippen molar-refractivity contribution in [1.29, 1.82) is 0 Å². The summed E-state index contributed by atoms with van der Waals surface area (Å²) in [4.78, 5) is 0. The third-order valence-electron chi connectivity index (χ3n) is 8.71. The summed E-state index contributed by atoms with van der Waals surface area (Å²) in [6.45, 7) is 0. The minimum atomic E-state index is -10.4. The summed E-state index contributed by atoms with van der Waals surface area (Å²) in [7, 11) is 0. The van der Waals surface area contributed by atoms with Gasteiger partial charge in [-0.15, -0.1) is 0 Å². The minimum absolute atomic E-state index is 6.18. The maximum atomic E-state index is 15.2. The van der Waals surface area contributed by atoms with Gasteiger partial charge in [-0.2, -0.15) is 193 Å². The summed E-state index contributed by atoms with van der Waals surface area (Å²) < 4.78 is 603. The van der Waals surface area contributed by atoms with Crippen LogP contribution >= 0.6 is 0 Å². The van der Waals surface area contributed by atoms with Gasteiger partial charge in [-0.05, 0) is 6.42 Å². The molecule has 0 saturated heterocycles. The summed E-state index contributed by atoms with van der Waals surface area (Å²) >= 11 is 0. The average molecular weight is 1130 g/mol. The van der Waals surface area contributed by atoms with Crippen molar-refractivity contribution >= 4 is 0 Å². The van der Waals surface area contributed by atoms with E-state index in [1.165, 1.54) is 0 Å². The molecule has 0 heterocycles. The molecule has 0 aromatic carbocycles. The van der Waals surface area contributed by atoms with Gasteiger partial charge in [0.25, 0.3) is 0 Å². The molecule has 0 amide bonds. The fourth-order valence-electron chi connectivity index (χ4n) is 4.66. The van der Waals surface area contributed by atoms with Crippen LogP contribution in [0, 0.1) is 11.8 Å².